The normalized spacial score (nSPS) is 12.1. The summed E-state index contributed by atoms with van der Waals surface area (Å²) in [6.07, 6.45) is 0. The molecule has 6 heteroatoms. The van der Waals surface area contributed by atoms with Gasteiger partial charge in [0.15, 0.2) is 0 Å². The molecular formula is C13H18BrNO3S. The van der Waals surface area contributed by atoms with Gasteiger partial charge < -0.3 is 10.1 Å². The molecule has 0 atom stereocenters. The molecule has 4 nitrogen and oxygen atoms in total. The second-order valence-corrected chi connectivity index (χ2v) is 8.15. The van der Waals surface area contributed by atoms with Crippen molar-refractivity contribution in [3.05, 3.63) is 20.8 Å². The molecule has 1 N–H and O–H groups in total. The van der Waals surface area contributed by atoms with Crippen molar-refractivity contribution in [1.82, 2.24) is 5.32 Å². The van der Waals surface area contributed by atoms with Gasteiger partial charge in [-0.05, 0) is 62.7 Å². The first-order valence-corrected chi connectivity index (χ1v) is 7.43. The van der Waals surface area contributed by atoms with E-state index < -0.39 is 17.1 Å². The zero-order valence-electron chi connectivity index (χ0n) is 11.7. The van der Waals surface area contributed by atoms with E-state index in [1.807, 2.05) is 0 Å². The first kappa shape index (κ1) is 16.2. The predicted molar refractivity (Wildman–Crippen MR) is 79.4 cm³/mol. The summed E-state index contributed by atoms with van der Waals surface area (Å²) in [5.41, 5.74) is -1.65. The van der Waals surface area contributed by atoms with E-state index in [4.69, 9.17) is 4.74 Å². The molecule has 0 saturated heterocycles. The first-order valence-electron chi connectivity index (χ1n) is 5.82. The minimum atomic E-state index is -1.07. The molecule has 0 aliphatic rings. The van der Waals surface area contributed by atoms with Crippen LogP contribution in [0.25, 0.3) is 0 Å². The summed E-state index contributed by atoms with van der Waals surface area (Å²) < 4.78 is 6.15. The van der Waals surface area contributed by atoms with Crippen molar-refractivity contribution in [2.75, 3.05) is 0 Å². The van der Waals surface area contributed by atoms with Crippen LogP contribution in [0.3, 0.4) is 0 Å². The number of nitrogens with one attached hydrogen (secondary N) is 1. The summed E-state index contributed by atoms with van der Waals surface area (Å²) in [6, 6.07) is 3.50. The highest BCUT2D eigenvalue weighted by Gasteiger charge is 2.34. The maximum absolute atomic E-state index is 12.0. The Bertz CT molecular complexity index is 488. The summed E-state index contributed by atoms with van der Waals surface area (Å²) in [6.45, 7) is 8.63. The van der Waals surface area contributed by atoms with Gasteiger partial charge in [0.2, 0.25) is 0 Å². The monoisotopic (exact) mass is 347 g/mol. The highest BCUT2D eigenvalue weighted by Crippen LogP contribution is 2.23. The van der Waals surface area contributed by atoms with Crippen molar-refractivity contribution in [2.45, 2.75) is 45.8 Å². The number of hydrogen-bond donors (Lipinski definition) is 1. The Labute approximate surface area is 125 Å². The Hall–Kier alpha value is -0.880. The van der Waals surface area contributed by atoms with Crippen molar-refractivity contribution in [2.24, 2.45) is 0 Å². The quantitative estimate of drug-likeness (QED) is 0.853. The molecule has 0 aromatic carbocycles. The molecule has 0 spiro atoms. The van der Waals surface area contributed by atoms with Gasteiger partial charge in [0.25, 0.3) is 5.91 Å². The van der Waals surface area contributed by atoms with Crippen LogP contribution >= 0.6 is 27.3 Å². The fourth-order valence-corrected chi connectivity index (χ4v) is 2.52. The van der Waals surface area contributed by atoms with Crippen LogP contribution in [0.2, 0.25) is 0 Å². The van der Waals surface area contributed by atoms with Gasteiger partial charge in [0.1, 0.15) is 11.1 Å². The summed E-state index contributed by atoms with van der Waals surface area (Å²) in [4.78, 5) is 24.6. The Morgan fingerprint density at radius 1 is 1.21 bits per heavy atom. The maximum atomic E-state index is 12.0. The molecule has 1 aromatic rings. The molecule has 0 aliphatic carbocycles. The van der Waals surface area contributed by atoms with Gasteiger partial charge in [-0.25, -0.2) is 4.79 Å². The lowest BCUT2D eigenvalue weighted by Gasteiger charge is -2.29. The van der Waals surface area contributed by atoms with E-state index in [0.29, 0.717) is 4.88 Å². The Morgan fingerprint density at radius 2 is 1.79 bits per heavy atom. The third-order valence-corrected chi connectivity index (χ3v) is 3.75. The number of carbonyl (C=O) groups excluding carboxylic acids is 2. The van der Waals surface area contributed by atoms with E-state index in [1.54, 1.807) is 46.8 Å². The topological polar surface area (TPSA) is 55.4 Å². The van der Waals surface area contributed by atoms with Crippen LogP contribution in [0.1, 0.15) is 44.3 Å². The van der Waals surface area contributed by atoms with E-state index in [1.165, 1.54) is 11.3 Å². The van der Waals surface area contributed by atoms with E-state index in [9.17, 15) is 9.59 Å². The Morgan fingerprint density at radius 3 is 2.21 bits per heavy atom. The lowest BCUT2D eigenvalue weighted by Crippen LogP contribution is -2.52. The number of esters is 1. The summed E-state index contributed by atoms with van der Waals surface area (Å²) in [7, 11) is 0. The Balaban J connectivity index is 2.74. The van der Waals surface area contributed by atoms with Crippen molar-refractivity contribution in [1.29, 1.82) is 0 Å². The SMILES string of the molecule is CC(C)(C)OC(=O)C(C)(C)NC(=O)c1ccc(Br)s1. The van der Waals surface area contributed by atoms with Gasteiger partial charge in [0.05, 0.1) is 8.66 Å². The zero-order valence-corrected chi connectivity index (χ0v) is 14.1. The second kappa shape index (κ2) is 5.63. The standard InChI is InChI=1S/C13H18BrNO3S/c1-12(2,3)18-11(17)13(4,5)15-10(16)8-6-7-9(14)19-8/h6-7H,1-5H3,(H,15,16). The number of ether oxygens (including phenoxy) is 1. The smallest absolute Gasteiger partial charge is 0.331 e. The highest BCUT2D eigenvalue weighted by atomic mass is 79.9. The molecule has 19 heavy (non-hydrogen) atoms. The second-order valence-electron chi connectivity index (χ2n) is 5.68. The van der Waals surface area contributed by atoms with Crippen LogP contribution < -0.4 is 5.32 Å². The molecule has 1 amide bonds. The number of thiophene rings is 1. The molecule has 1 heterocycles. The van der Waals surface area contributed by atoms with Crippen molar-refractivity contribution >= 4 is 39.1 Å². The zero-order chi connectivity index (χ0) is 14.8. The molecular weight excluding hydrogens is 330 g/mol. The van der Waals surface area contributed by atoms with Crippen molar-refractivity contribution in [3.8, 4) is 0 Å². The summed E-state index contributed by atoms with van der Waals surface area (Å²) in [5, 5.41) is 2.68. The van der Waals surface area contributed by atoms with Gasteiger partial charge in [-0.2, -0.15) is 0 Å². The Kier molecular flexibility index (Phi) is 4.79. The number of amides is 1. The van der Waals surface area contributed by atoms with E-state index in [-0.39, 0.29) is 5.91 Å². The molecule has 1 rings (SSSR count). The summed E-state index contributed by atoms with van der Waals surface area (Å²) in [5.74, 6) is -0.740. The molecule has 0 fully saturated rings. The van der Waals surface area contributed by atoms with Crippen molar-refractivity contribution in [3.63, 3.8) is 0 Å². The third-order valence-electron chi connectivity index (χ3n) is 2.13. The lowest BCUT2D eigenvalue weighted by molar-refractivity contribution is -0.161. The van der Waals surface area contributed by atoms with Crippen molar-refractivity contribution < 1.29 is 14.3 Å². The molecule has 0 saturated carbocycles. The van der Waals surface area contributed by atoms with E-state index >= 15 is 0 Å². The fourth-order valence-electron chi connectivity index (χ4n) is 1.24. The molecule has 0 aliphatic heterocycles. The van der Waals surface area contributed by atoms with Crippen LogP contribution in [0.5, 0.6) is 0 Å². The average molecular weight is 348 g/mol. The van der Waals surface area contributed by atoms with Crippen LogP contribution in [-0.2, 0) is 9.53 Å². The lowest BCUT2D eigenvalue weighted by atomic mass is 10.1. The minimum Gasteiger partial charge on any atom is -0.458 e. The van der Waals surface area contributed by atoms with E-state index in [0.717, 1.165) is 3.79 Å². The maximum Gasteiger partial charge on any atom is 0.331 e. The molecule has 0 radical (unpaired) electrons. The molecule has 0 bridgehead atoms. The van der Waals surface area contributed by atoms with Crippen LogP contribution in [0.15, 0.2) is 15.9 Å². The summed E-state index contributed by atoms with van der Waals surface area (Å²) >= 11 is 4.61. The minimum absolute atomic E-state index is 0.286. The molecule has 106 valence electrons. The molecule has 0 unspecified atom stereocenters. The van der Waals surface area contributed by atoms with Gasteiger partial charge >= 0.3 is 5.97 Å². The highest BCUT2D eigenvalue weighted by molar-refractivity contribution is 9.11. The van der Waals surface area contributed by atoms with Gasteiger partial charge in [-0.3, -0.25) is 4.79 Å². The van der Waals surface area contributed by atoms with Crippen LogP contribution in [0.4, 0.5) is 0 Å². The first-order chi connectivity index (χ1) is 8.51. The van der Waals surface area contributed by atoms with Gasteiger partial charge in [-0.15, -0.1) is 11.3 Å². The number of carbonyl (C=O) groups is 2. The van der Waals surface area contributed by atoms with Gasteiger partial charge in [0, 0.05) is 0 Å². The van der Waals surface area contributed by atoms with Gasteiger partial charge in [-0.1, -0.05) is 0 Å². The van der Waals surface area contributed by atoms with E-state index in [2.05, 4.69) is 21.2 Å². The number of hydrogen-bond acceptors (Lipinski definition) is 4. The van der Waals surface area contributed by atoms with Crippen LogP contribution in [0, 0.1) is 0 Å². The fraction of sp³-hybridized carbons (Fsp3) is 0.538. The van der Waals surface area contributed by atoms with Crippen LogP contribution in [-0.4, -0.2) is 23.0 Å². The molecule has 1 aromatic heterocycles. The predicted octanol–water partition coefficient (Wildman–Crippen LogP) is 3.36. The largest absolute Gasteiger partial charge is 0.458 e. The average Bonchev–Trinajstić information content (AvgIpc) is 2.61. The third kappa shape index (κ3) is 4.95. The number of rotatable bonds is 3. The number of halogens is 1.